The van der Waals surface area contributed by atoms with Gasteiger partial charge in [-0.15, -0.1) is 0 Å². The maximum absolute atomic E-state index is 13.5. The van der Waals surface area contributed by atoms with Crippen LogP contribution in [0.4, 0.5) is 13.6 Å². The van der Waals surface area contributed by atoms with Crippen molar-refractivity contribution in [1.29, 1.82) is 0 Å². The number of halogens is 2. The summed E-state index contributed by atoms with van der Waals surface area (Å²) in [6.45, 7) is 1.43. The standard InChI is InChI=1S/C11H8F2N2O2/c1-5-2-3-6(9(13)8(5)12)4-7-10(16)15-11(17)14-7/h2-4H,1H3,(H2,14,15,16,17)/b7-4-. The predicted molar refractivity (Wildman–Crippen MR) is 55.7 cm³/mol. The monoisotopic (exact) mass is 238 g/mol. The normalized spacial score (nSPS) is 17.2. The topological polar surface area (TPSA) is 58.2 Å². The third kappa shape index (κ3) is 2.01. The SMILES string of the molecule is Cc1ccc(/C=C2\NC(=O)NC2=O)c(F)c1F. The Bertz CT molecular complexity index is 553. The molecule has 1 aromatic rings. The van der Waals surface area contributed by atoms with Crippen LogP contribution in [0.3, 0.4) is 0 Å². The number of amides is 3. The van der Waals surface area contributed by atoms with E-state index >= 15 is 0 Å². The molecule has 6 heteroatoms. The Labute approximate surface area is 95.3 Å². The van der Waals surface area contributed by atoms with Gasteiger partial charge in [-0.2, -0.15) is 0 Å². The van der Waals surface area contributed by atoms with E-state index in [-0.39, 0.29) is 16.8 Å². The first kappa shape index (κ1) is 11.3. The molecule has 2 N–H and O–H groups in total. The molecule has 0 bridgehead atoms. The number of nitrogens with one attached hydrogen (secondary N) is 2. The van der Waals surface area contributed by atoms with Gasteiger partial charge < -0.3 is 5.32 Å². The van der Waals surface area contributed by atoms with Crippen molar-refractivity contribution in [3.63, 3.8) is 0 Å². The first-order valence-corrected chi connectivity index (χ1v) is 4.77. The fraction of sp³-hybridized carbons (Fsp3) is 0.0909. The average Bonchev–Trinajstić information content (AvgIpc) is 2.58. The van der Waals surface area contributed by atoms with E-state index in [4.69, 9.17) is 0 Å². The van der Waals surface area contributed by atoms with Crippen LogP contribution in [0, 0.1) is 18.6 Å². The van der Waals surface area contributed by atoms with Gasteiger partial charge in [-0.05, 0) is 18.6 Å². The van der Waals surface area contributed by atoms with Gasteiger partial charge in [-0.1, -0.05) is 12.1 Å². The Morgan fingerprint density at radius 1 is 1.12 bits per heavy atom. The summed E-state index contributed by atoms with van der Waals surface area (Å²) in [7, 11) is 0. The molecule has 88 valence electrons. The highest BCUT2D eigenvalue weighted by atomic mass is 19.2. The summed E-state index contributed by atoms with van der Waals surface area (Å²) < 4.78 is 26.7. The molecule has 0 unspecified atom stereocenters. The van der Waals surface area contributed by atoms with Crippen LogP contribution in [0.2, 0.25) is 0 Å². The zero-order valence-electron chi connectivity index (χ0n) is 8.80. The number of hydrogen-bond donors (Lipinski definition) is 2. The molecular weight excluding hydrogens is 230 g/mol. The van der Waals surface area contributed by atoms with Crippen LogP contribution in [0.15, 0.2) is 17.8 Å². The molecule has 1 fully saturated rings. The van der Waals surface area contributed by atoms with Crippen molar-refractivity contribution < 1.29 is 18.4 Å². The molecule has 2 rings (SSSR count). The van der Waals surface area contributed by atoms with Gasteiger partial charge >= 0.3 is 6.03 Å². The minimum absolute atomic E-state index is 0.0968. The second kappa shape index (κ2) is 3.97. The molecule has 4 nitrogen and oxygen atoms in total. The Balaban J connectivity index is 2.43. The maximum atomic E-state index is 13.5. The third-order valence-corrected chi connectivity index (χ3v) is 2.32. The second-order valence-electron chi connectivity index (χ2n) is 3.57. The predicted octanol–water partition coefficient (Wildman–Crippen LogP) is 1.45. The number of rotatable bonds is 1. The number of aryl methyl sites for hydroxylation is 1. The van der Waals surface area contributed by atoms with Gasteiger partial charge in [0.1, 0.15) is 5.70 Å². The zero-order chi connectivity index (χ0) is 12.6. The fourth-order valence-electron chi connectivity index (χ4n) is 1.41. The molecule has 3 amide bonds. The van der Waals surface area contributed by atoms with Crippen LogP contribution in [0.5, 0.6) is 0 Å². The van der Waals surface area contributed by atoms with Gasteiger partial charge in [0.05, 0.1) is 0 Å². The van der Waals surface area contributed by atoms with E-state index < -0.39 is 23.6 Å². The summed E-state index contributed by atoms with van der Waals surface area (Å²) in [5, 5.41) is 4.14. The van der Waals surface area contributed by atoms with Crippen molar-refractivity contribution in [3.8, 4) is 0 Å². The van der Waals surface area contributed by atoms with E-state index in [0.717, 1.165) is 6.08 Å². The van der Waals surface area contributed by atoms with Gasteiger partial charge in [0.25, 0.3) is 5.91 Å². The molecule has 1 saturated heterocycles. The lowest BCUT2D eigenvalue weighted by molar-refractivity contribution is -0.115. The molecule has 0 spiro atoms. The fourth-order valence-corrected chi connectivity index (χ4v) is 1.41. The molecule has 1 aliphatic rings. The lowest BCUT2D eigenvalue weighted by Crippen LogP contribution is -2.22. The third-order valence-electron chi connectivity index (χ3n) is 2.32. The zero-order valence-corrected chi connectivity index (χ0v) is 8.80. The molecule has 0 saturated carbocycles. The molecule has 0 aromatic heterocycles. The van der Waals surface area contributed by atoms with Crippen LogP contribution >= 0.6 is 0 Å². The van der Waals surface area contributed by atoms with Gasteiger partial charge in [0.2, 0.25) is 0 Å². The molecule has 0 atom stereocenters. The number of imide groups is 1. The van der Waals surface area contributed by atoms with Crippen molar-refractivity contribution in [1.82, 2.24) is 10.6 Å². The van der Waals surface area contributed by atoms with Crippen LogP contribution in [-0.4, -0.2) is 11.9 Å². The highest BCUT2D eigenvalue weighted by Crippen LogP contribution is 2.18. The molecule has 0 radical (unpaired) electrons. The molecule has 1 aliphatic heterocycles. The number of urea groups is 1. The molecular formula is C11H8F2N2O2. The van der Waals surface area contributed by atoms with Crippen molar-refractivity contribution in [2.75, 3.05) is 0 Å². The lowest BCUT2D eigenvalue weighted by Gasteiger charge is -2.02. The van der Waals surface area contributed by atoms with Crippen molar-refractivity contribution in [2.24, 2.45) is 0 Å². The number of hydrogen-bond acceptors (Lipinski definition) is 2. The number of benzene rings is 1. The molecule has 1 aromatic carbocycles. The van der Waals surface area contributed by atoms with E-state index in [1.807, 2.05) is 5.32 Å². The molecule has 1 heterocycles. The first-order valence-electron chi connectivity index (χ1n) is 4.77. The molecule has 17 heavy (non-hydrogen) atoms. The number of carbonyl (C=O) groups excluding carboxylic acids is 2. The maximum Gasteiger partial charge on any atom is 0.326 e. The summed E-state index contributed by atoms with van der Waals surface area (Å²) in [4.78, 5) is 22.0. The Kier molecular flexibility index (Phi) is 2.63. The van der Waals surface area contributed by atoms with Crippen LogP contribution in [-0.2, 0) is 4.79 Å². The van der Waals surface area contributed by atoms with Gasteiger partial charge in [-0.25, -0.2) is 13.6 Å². The Morgan fingerprint density at radius 2 is 1.82 bits per heavy atom. The average molecular weight is 238 g/mol. The van der Waals surface area contributed by atoms with Gasteiger partial charge in [0.15, 0.2) is 11.6 Å². The van der Waals surface area contributed by atoms with E-state index in [1.54, 1.807) is 0 Å². The minimum atomic E-state index is -1.05. The lowest BCUT2D eigenvalue weighted by atomic mass is 10.1. The minimum Gasteiger partial charge on any atom is -0.303 e. The molecule has 0 aliphatic carbocycles. The largest absolute Gasteiger partial charge is 0.326 e. The Hall–Kier alpha value is -2.24. The van der Waals surface area contributed by atoms with E-state index in [0.29, 0.717) is 0 Å². The van der Waals surface area contributed by atoms with E-state index in [2.05, 4.69) is 5.32 Å². The Morgan fingerprint density at radius 3 is 2.41 bits per heavy atom. The van der Waals surface area contributed by atoms with Gasteiger partial charge in [-0.3, -0.25) is 10.1 Å². The summed E-state index contributed by atoms with van der Waals surface area (Å²) in [5.41, 5.74) is -0.0397. The summed E-state index contributed by atoms with van der Waals surface area (Å²) >= 11 is 0. The number of carbonyl (C=O) groups is 2. The van der Waals surface area contributed by atoms with E-state index in [1.165, 1.54) is 19.1 Å². The van der Waals surface area contributed by atoms with Crippen molar-refractivity contribution in [2.45, 2.75) is 6.92 Å². The smallest absolute Gasteiger partial charge is 0.303 e. The second-order valence-corrected chi connectivity index (χ2v) is 3.57. The quantitative estimate of drug-likeness (QED) is 0.574. The van der Waals surface area contributed by atoms with Crippen LogP contribution < -0.4 is 10.6 Å². The van der Waals surface area contributed by atoms with Crippen LogP contribution in [0.1, 0.15) is 11.1 Å². The summed E-state index contributed by atoms with van der Waals surface area (Å²) in [6.07, 6.45) is 1.08. The van der Waals surface area contributed by atoms with Crippen molar-refractivity contribution >= 4 is 18.0 Å². The van der Waals surface area contributed by atoms with Gasteiger partial charge in [0, 0.05) is 5.56 Å². The van der Waals surface area contributed by atoms with Crippen molar-refractivity contribution in [3.05, 3.63) is 40.6 Å². The highest BCUT2D eigenvalue weighted by Gasteiger charge is 2.23. The summed E-state index contributed by atoms with van der Waals surface area (Å²) in [5.74, 6) is -2.69. The highest BCUT2D eigenvalue weighted by molar-refractivity contribution is 6.13. The summed E-state index contributed by atoms with van der Waals surface area (Å²) in [6, 6.07) is 2.03. The van der Waals surface area contributed by atoms with Crippen LogP contribution in [0.25, 0.3) is 6.08 Å². The van der Waals surface area contributed by atoms with E-state index in [9.17, 15) is 18.4 Å². The first-order chi connectivity index (χ1) is 7.99.